The number of ether oxygens (including phenoxy) is 2. The zero-order chi connectivity index (χ0) is 20.1. The number of likely N-dealkylation sites (N-methyl/N-ethyl adjacent to an activating group) is 1. The minimum Gasteiger partial charge on any atom is -0.459 e. The van der Waals surface area contributed by atoms with Gasteiger partial charge in [-0.25, -0.2) is 0 Å². The Kier molecular flexibility index (Phi) is 7.10. The molecule has 154 valence electrons. The van der Waals surface area contributed by atoms with E-state index in [4.69, 9.17) is 14.6 Å². The minimum atomic E-state index is -0.429. The monoisotopic (exact) mass is 388 g/mol. The van der Waals surface area contributed by atoms with Gasteiger partial charge in [0, 0.05) is 32.6 Å². The van der Waals surface area contributed by atoms with Crippen LogP contribution in [0.3, 0.4) is 0 Å². The van der Waals surface area contributed by atoms with E-state index in [2.05, 4.69) is 25.8 Å². The number of hydrogen-bond acceptors (Lipinski definition) is 5. The van der Waals surface area contributed by atoms with Gasteiger partial charge in [-0.05, 0) is 36.1 Å². The Labute approximate surface area is 167 Å². The summed E-state index contributed by atoms with van der Waals surface area (Å²) in [7, 11) is 2.07. The molecule has 2 atom stereocenters. The molecule has 1 amide bonds. The summed E-state index contributed by atoms with van der Waals surface area (Å²) in [6.07, 6.45) is 2.30. The van der Waals surface area contributed by atoms with Crippen molar-refractivity contribution in [2.75, 3.05) is 33.2 Å². The van der Waals surface area contributed by atoms with Gasteiger partial charge in [0.15, 0.2) is 5.76 Å². The fraction of sp³-hybridized carbons (Fsp3) is 0.591. The maximum atomic E-state index is 13.0. The second-order valence-electron chi connectivity index (χ2n) is 8.10. The molecule has 2 aliphatic heterocycles. The molecule has 3 rings (SSSR count). The lowest BCUT2D eigenvalue weighted by atomic mass is 9.90. The maximum absolute atomic E-state index is 13.0. The highest BCUT2D eigenvalue weighted by molar-refractivity contribution is 5.91. The fourth-order valence-electron chi connectivity index (χ4n) is 3.50. The molecule has 0 radical (unpaired) electrons. The molecule has 1 fully saturated rings. The summed E-state index contributed by atoms with van der Waals surface area (Å²) in [5.74, 6) is 1.06. The van der Waals surface area contributed by atoms with Crippen LogP contribution in [0, 0.1) is 11.8 Å². The van der Waals surface area contributed by atoms with Gasteiger partial charge in [-0.1, -0.05) is 38.1 Å². The van der Waals surface area contributed by atoms with E-state index in [0.29, 0.717) is 18.3 Å². The van der Waals surface area contributed by atoms with E-state index in [1.54, 1.807) is 0 Å². The van der Waals surface area contributed by atoms with Crippen LogP contribution in [0.15, 0.2) is 36.1 Å². The normalized spacial score (nSPS) is 23.5. The Balaban J connectivity index is 1.63. The van der Waals surface area contributed by atoms with Crippen molar-refractivity contribution in [3.8, 4) is 0 Å². The van der Waals surface area contributed by atoms with Gasteiger partial charge in [-0.2, -0.15) is 0 Å². The predicted molar refractivity (Wildman–Crippen MR) is 107 cm³/mol. The van der Waals surface area contributed by atoms with E-state index < -0.39 is 6.29 Å². The van der Waals surface area contributed by atoms with Crippen LogP contribution in [0.1, 0.15) is 31.4 Å². The molecule has 1 saturated heterocycles. The molecule has 6 nitrogen and oxygen atoms in total. The van der Waals surface area contributed by atoms with Gasteiger partial charge < -0.3 is 24.4 Å². The molecule has 0 aliphatic carbocycles. The lowest BCUT2D eigenvalue weighted by Crippen LogP contribution is -2.48. The van der Waals surface area contributed by atoms with Crippen LogP contribution in [0.4, 0.5) is 0 Å². The number of aliphatic hydroxyl groups excluding tert-OH is 1. The summed E-state index contributed by atoms with van der Waals surface area (Å²) in [6, 6.07) is 7.67. The first-order valence-electron chi connectivity index (χ1n) is 10.1. The summed E-state index contributed by atoms with van der Waals surface area (Å²) in [6.45, 7) is 8.00. The molecule has 1 N–H and O–H groups in total. The lowest BCUT2D eigenvalue weighted by molar-refractivity contribution is -0.160. The number of carbonyl (C=O) groups is 1. The van der Waals surface area contributed by atoms with Crippen LogP contribution in [-0.4, -0.2) is 60.3 Å². The molecule has 6 heteroatoms. The highest BCUT2D eigenvalue weighted by Gasteiger charge is 2.32. The van der Waals surface area contributed by atoms with Crippen LogP contribution >= 0.6 is 0 Å². The molecule has 0 spiro atoms. The molecule has 1 aromatic carbocycles. The number of nitrogens with zero attached hydrogens (tertiary/aromatic N) is 2. The van der Waals surface area contributed by atoms with E-state index in [1.807, 2.05) is 35.2 Å². The number of carbonyl (C=O) groups excluding carboxylic acids is 1. The maximum Gasteiger partial charge on any atom is 0.288 e. The molecule has 28 heavy (non-hydrogen) atoms. The third-order valence-electron chi connectivity index (χ3n) is 5.59. The minimum absolute atomic E-state index is 0.0284. The third kappa shape index (κ3) is 5.34. The van der Waals surface area contributed by atoms with E-state index >= 15 is 0 Å². The van der Waals surface area contributed by atoms with Crippen LogP contribution in [-0.2, 0) is 27.5 Å². The molecule has 2 aliphatic rings. The van der Waals surface area contributed by atoms with Gasteiger partial charge in [0.25, 0.3) is 5.91 Å². The average molecular weight is 389 g/mol. The second kappa shape index (κ2) is 9.54. The Morgan fingerprint density at radius 1 is 1.18 bits per heavy atom. The van der Waals surface area contributed by atoms with Gasteiger partial charge in [-0.3, -0.25) is 4.79 Å². The number of rotatable bonds is 6. The first-order chi connectivity index (χ1) is 13.5. The number of hydrogen-bond donors (Lipinski definition) is 1. The molecular weight excluding hydrogens is 356 g/mol. The summed E-state index contributed by atoms with van der Waals surface area (Å²) in [5, 5.41) is 9.15. The predicted octanol–water partition coefficient (Wildman–Crippen LogP) is 2.37. The fourth-order valence-corrected chi connectivity index (χ4v) is 3.50. The highest BCUT2D eigenvalue weighted by Crippen LogP contribution is 2.30. The highest BCUT2D eigenvalue weighted by atomic mass is 16.7. The van der Waals surface area contributed by atoms with Crippen LogP contribution in [0.25, 0.3) is 0 Å². The molecule has 0 aromatic heterocycles. The van der Waals surface area contributed by atoms with Crippen molar-refractivity contribution in [1.82, 2.24) is 9.80 Å². The van der Waals surface area contributed by atoms with E-state index in [-0.39, 0.29) is 18.4 Å². The van der Waals surface area contributed by atoms with Crippen LogP contribution in [0.2, 0.25) is 0 Å². The number of allylic oxidation sites excluding steroid dienone is 1. The third-order valence-corrected chi connectivity index (χ3v) is 5.59. The standard InChI is InChI=1S/C22H32N2O4/c1-16(2)19-12-20(22(26)24-10-8-23(3)9-11-24)28-21(13-19)27-15-18-6-4-17(14-25)5-7-18/h4-7,12,16,19,21,25H,8-11,13-15H2,1-3H3/t19-,21+/m1/s1. The first-order valence-corrected chi connectivity index (χ1v) is 10.1. The number of aliphatic hydroxyl groups is 1. The summed E-state index contributed by atoms with van der Waals surface area (Å²) in [5.41, 5.74) is 1.89. The van der Waals surface area contributed by atoms with Crippen molar-refractivity contribution in [1.29, 1.82) is 0 Å². The quantitative estimate of drug-likeness (QED) is 0.811. The smallest absolute Gasteiger partial charge is 0.288 e. The van der Waals surface area contributed by atoms with E-state index in [0.717, 1.165) is 43.7 Å². The second-order valence-corrected chi connectivity index (χ2v) is 8.10. The largest absolute Gasteiger partial charge is 0.459 e. The SMILES string of the molecule is CC(C)[C@@H]1C=C(C(=O)N2CCN(C)CC2)O[C@H](OCc2ccc(CO)cc2)C1. The van der Waals surface area contributed by atoms with E-state index in [9.17, 15) is 4.79 Å². The summed E-state index contributed by atoms with van der Waals surface area (Å²) < 4.78 is 12.0. The van der Waals surface area contributed by atoms with Gasteiger partial charge in [0.1, 0.15) is 0 Å². The van der Waals surface area contributed by atoms with Crippen molar-refractivity contribution < 1.29 is 19.4 Å². The van der Waals surface area contributed by atoms with Gasteiger partial charge in [-0.15, -0.1) is 0 Å². The zero-order valence-electron chi connectivity index (χ0n) is 17.1. The van der Waals surface area contributed by atoms with Crippen molar-refractivity contribution in [3.05, 3.63) is 47.2 Å². The van der Waals surface area contributed by atoms with Gasteiger partial charge in [0.05, 0.1) is 13.2 Å². The Hall–Kier alpha value is -1.89. The van der Waals surface area contributed by atoms with Crippen molar-refractivity contribution in [3.63, 3.8) is 0 Å². The Morgan fingerprint density at radius 3 is 2.43 bits per heavy atom. The van der Waals surface area contributed by atoms with Crippen LogP contribution in [0.5, 0.6) is 0 Å². The molecular formula is C22H32N2O4. The van der Waals surface area contributed by atoms with Crippen LogP contribution < -0.4 is 0 Å². The van der Waals surface area contributed by atoms with Gasteiger partial charge in [0.2, 0.25) is 6.29 Å². The van der Waals surface area contributed by atoms with E-state index in [1.165, 1.54) is 0 Å². The average Bonchev–Trinajstić information content (AvgIpc) is 2.72. The van der Waals surface area contributed by atoms with Crippen molar-refractivity contribution in [2.24, 2.45) is 11.8 Å². The summed E-state index contributed by atoms with van der Waals surface area (Å²) in [4.78, 5) is 17.1. The molecule has 0 saturated carbocycles. The van der Waals surface area contributed by atoms with Crippen molar-refractivity contribution in [2.45, 2.75) is 39.8 Å². The molecule has 0 bridgehead atoms. The Morgan fingerprint density at radius 2 is 1.82 bits per heavy atom. The number of piperazine rings is 1. The molecule has 1 aromatic rings. The number of benzene rings is 1. The molecule has 0 unspecified atom stereocenters. The van der Waals surface area contributed by atoms with Gasteiger partial charge >= 0.3 is 0 Å². The number of amides is 1. The van der Waals surface area contributed by atoms with Crippen molar-refractivity contribution >= 4 is 5.91 Å². The zero-order valence-corrected chi connectivity index (χ0v) is 17.1. The Bertz CT molecular complexity index is 678. The summed E-state index contributed by atoms with van der Waals surface area (Å²) >= 11 is 0. The molecule has 2 heterocycles. The topological polar surface area (TPSA) is 62.2 Å². The first kappa shape index (κ1) is 20.8. The lowest BCUT2D eigenvalue weighted by Gasteiger charge is -2.36.